The van der Waals surface area contributed by atoms with Crippen molar-refractivity contribution in [1.29, 1.82) is 0 Å². The molecule has 25 nitrogen and oxygen atoms in total. The molecular weight excluding hydrogens is 1510 g/mol. The maximum absolute atomic E-state index is 14.0. The number of nitrogen functional groups attached to an aromatic ring is 3. The number of nitrogens with zero attached hydrogens (tertiary/aromatic N) is 9. The van der Waals surface area contributed by atoms with E-state index in [0.29, 0.717) is 131 Å². The first-order valence-corrected chi connectivity index (χ1v) is 38.3. The van der Waals surface area contributed by atoms with Crippen LogP contribution in [0.4, 0.5) is 88.4 Å². The number of carbonyl (C=O) groups excluding carboxylic acids is 9. The Bertz CT molecular complexity index is 4480. The monoisotopic (exact) mass is 1610 g/mol. The van der Waals surface area contributed by atoms with Gasteiger partial charge in [0.05, 0.1) is 24.9 Å². The van der Waals surface area contributed by atoms with Crippen molar-refractivity contribution in [3.05, 3.63) is 156 Å². The normalized spacial score (nSPS) is 20.9. The van der Waals surface area contributed by atoms with Crippen LogP contribution in [0.2, 0.25) is 0 Å². The quantitative estimate of drug-likeness (QED) is 0.0324. The summed E-state index contributed by atoms with van der Waals surface area (Å²) in [7, 11) is 5.96. The van der Waals surface area contributed by atoms with Gasteiger partial charge in [0.1, 0.15) is 59.5 Å². The zero-order valence-corrected chi connectivity index (χ0v) is 64.5. The van der Waals surface area contributed by atoms with E-state index in [-0.39, 0.29) is 36.7 Å². The number of halogens is 9. The van der Waals surface area contributed by atoms with Gasteiger partial charge in [0.15, 0.2) is 0 Å². The van der Waals surface area contributed by atoms with Gasteiger partial charge < -0.3 is 52.6 Å². The predicted molar refractivity (Wildman–Crippen MR) is 410 cm³/mol. The van der Waals surface area contributed by atoms with E-state index in [0.717, 1.165) is 30.4 Å². The van der Waals surface area contributed by atoms with Gasteiger partial charge >= 0.3 is 36.6 Å². The number of methoxy groups -OCH3 is 1. The van der Waals surface area contributed by atoms with Crippen LogP contribution >= 0.6 is 0 Å². The van der Waals surface area contributed by atoms with Crippen molar-refractivity contribution in [2.75, 3.05) is 60.2 Å². The van der Waals surface area contributed by atoms with Gasteiger partial charge in [0.2, 0.25) is 17.7 Å². The molecule has 0 spiro atoms. The standard InChI is InChI=1S/C27H32F3N5O4.2C27H32F3N5O3/c1-34(18-9-6-10-19(15-18)39-2)25(37)22-20(13-16-11-12-32-21(31)14-16)24(36)35(22)26(38)33-23(27(28,29)30)17-7-4-3-5-8-17;1-16-7-6-10-19(13-16)34(2)25(37)22-20(14-17-11-12-32-21(31)15-17)24(36)35(22)26(38)33-23(27(28,29)30)18-8-4-3-5-9-18;1-16-8-10-19(11-9-16)34(2)25(37)22-20(14-17-12-13-32-21(31)15-17)24(36)35(22)26(38)33-23(27(28,29)30)18-6-4-3-5-7-18/h6,9-12,14-15,17,20,22-23H,3-5,7-8,13H2,1-2H3,(H2,31,32)(H,33,38);6-7,10-13,15,18,20,22-23H,3-5,8-9,14H2,1-2H3,(H2,31,32)(H,33,38);8-13,15,18,20,22-23H,3-7,14H2,1-2H3,(H2,31,32)(H,33,38)/t3*20-,22+,23+/m111/s1. The Morgan fingerprint density at radius 2 is 0.730 bits per heavy atom. The number of hydrogen-bond donors (Lipinski definition) is 6. The maximum Gasteiger partial charge on any atom is 0.408 e. The summed E-state index contributed by atoms with van der Waals surface area (Å²) in [5.74, 6) is -7.96. The molecule has 9 N–H and O–H groups in total. The van der Waals surface area contributed by atoms with Gasteiger partial charge in [0, 0.05) is 62.9 Å². The molecule has 3 aromatic carbocycles. The molecule has 3 saturated heterocycles. The second kappa shape index (κ2) is 37.0. The minimum atomic E-state index is -4.70. The Labute approximate surface area is 659 Å². The highest BCUT2D eigenvalue weighted by molar-refractivity contribution is 6.15. The summed E-state index contributed by atoms with van der Waals surface area (Å²) in [5.41, 5.74) is 22.5. The van der Waals surface area contributed by atoms with Crippen LogP contribution in [-0.4, -0.2) is 166 Å². The van der Waals surface area contributed by atoms with Gasteiger partial charge in [0.25, 0.3) is 17.7 Å². The number of amides is 12. The van der Waals surface area contributed by atoms with Crippen molar-refractivity contribution >= 4 is 88.1 Å². The first kappa shape index (κ1) is 86.3. The molecule has 6 aromatic rings. The number of rotatable bonds is 19. The smallest absolute Gasteiger partial charge is 0.408 e. The molecule has 9 atom stereocenters. The number of aromatic nitrogens is 3. The summed E-state index contributed by atoms with van der Waals surface area (Å²) in [6, 6.07) is 16.5. The molecule has 34 heteroatoms. The van der Waals surface area contributed by atoms with E-state index in [9.17, 15) is 82.7 Å². The third-order valence-electron chi connectivity index (χ3n) is 22.5. The zero-order chi connectivity index (χ0) is 83.5. The summed E-state index contributed by atoms with van der Waals surface area (Å²) in [5, 5.41) is 6.18. The largest absolute Gasteiger partial charge is 0.497 e. The number of ether oxygens (including phenoxy) is 1. The Morgan fingerprint density at radius 3 is 1.03 bits per heavy atom. The van der Waals surface area contributed by atoms with Crippen molar-refractivity contribution in [1.82, 2.24) is 45.6 Å². The number of likely N-dealkylation sites (N-methyl/N-ethyl adjacent to an activating group) is 3. The van der Waals surface area contributed by atoms with E-state index in [1.54, 1.807) is 91.0 Å². The first-order chi connectivity index (χ1) is 54.4. The number of nitrogens with two attached hydrogens (primary N) is 3. The fourth-order valence-corrected chi connectivity index (χ4v) is 16.2. The molecular formula is C81H96F9N15O10. The lowest BCUT2D eigenvalue weighted by Crippen LogP contribution is -2.71. The molecule has 12 amide bonds. The highest BCUT2D eigenvalue weighted by atomic mass is 19.4. The van der Waals surface area contributed by atoms with E-state index < -0.39 is 144 Å². The number of hydrogen-bond acceptors (Lipinski definition) is 16. The molecule has 12 rings (SSSR count). The maximum atomic E-state index is 14.0. The molecule has 6 heterocycles. The van der Waals surface area contributed by atoms with Crippen molar-refractivity contribution < 1.29 is 87.4 Å². The molecule has 3 aromatic heterocycles. The number of aryl methyl sites for hydroxylation is 2. The van der Waals surface area contributed by atoms with E-state index in [4.69, 9.17) is 21.9 Å². The highest BCUT2D eigenvalue weighted by Gasteiger charge is 2.60. The zero-order valence-electron chi connectivity index (χ0n) is 64.5. The number of β-lactam (4-membered cyclic amide) rings is 3. The van der Waals surface area contributed by atoms with Gasteiger partial charge in [-0.25, -0.2) is 29.3 Å². The van der Waals surface area contributed by atoms with Gasteiger partial charge in [-0.2, -0.15) is 39.5 Å². The second-order valence-electron chi connectivity index (χ2n) is 30.3. The van der Waals surface area contributed by atoms with Crippen LogP contribution in [-0.2, 0) is 48.0 Å². The third kappa shape index (κ3) is 20.7. The molecule has 115 heavy (non-hydrogen) atoms. The SMILES string of the molecule is COc1cccc(N(C)C(=O)[C@@H]2[C@@H](Cc3ccnc(N)c3)C(=O)N2C(=O)N[C@@H](C2CCCCC2)C(F)(F)F)c1.Cc1ccc(N(C)C(=O)[C@@H]2[C@@H](Cc3ccnc(N)c3)C(=O)N2C(=O)N[C@@H](C2CCCCC2)C(F)(F)F)cc1.Cc1cccc(N(C)C(=O)[C@@H]2[C@@H](Cc3ccnc(N)c3)C(=O)N2C(=O)N[C@@H](C2CCCCC2)C(F)(F)F)c1. The summed E-state index contributed by atoms with van der Waals surface area (Å²) in [4.78, 5) is 138. The second-order valence-corrected chi connectivity index (χ2v) is 30.3. The molecule has 0 unspecified atom stereocenters. The first-order valence-electron chi connectivity index (χ1n) is 38.3. The van der Waals surface area contributed by atoms with Crippen LogP contribution in [0.15, 0.2) is 128 Å². The molecule has 3 aliphatic carbocycles. The third-order valence-corrected chi connectivity index (χ3v) is 22.5. The van der Waals surface area contributed by atoms with Gasteiger partial charge in [-0.1, -0.05) is 93.7 Å². The van der Waals surface area contributed by atoms with Crippen LogP contribution in [0.1, 0.15) is 124 Å². The number of imide groups is 3. The number of alkyl halides is 9. The molecule has 3 saturated carbocycles. The van der Waals surface area contributed by atoms with Gasteiger partial charge in [-0.05, 0) is 184 Å². The molecule has 6 aliphatic rings. The van der Waals surface area contributed by atoms with E-state index in [2.05, 4.69) is 30.9 Å². The van der Waals surface area contributed by atoms with E-state index >= 15 is 0 Å². The summed E-state index contributed by atoms with van der Waals surface area (Å²) in [6.45, 7) is 3.75. The minimum absolute atomic E-state index is 0.0585. The Balaban J connectivity index is 0.000000182. The number of likely N-dealkylation sites (tertiary alicyclic amines) is 3. The average Bonchev–Trinajstić information content (AvgIpc) is 0.749. The number of benzene rings is 3. The van der Waals surface area contributed by atoms with E-state index in [1.165, 1.54) is 61.5 Å². The number of anilines is 6. The number of nitrogens with one attached hydrogen (secondary N) is 3. The summed E-state index contributed by atoms with van der Waals surface area (Å²) < 4.78 is 131. The fraction of sp³-hybridized carbons (Fsp3) is 0.481. The van der Waals surface area contributed by atoms with Crippen LogP contribution in [0.25, 0.3) is 0 Å². The van der Waals surface area contributed by atoms with Gasteiger partial charge in [-0.15, -0.1) is 0 Å². The molecule has 6 fully saturated rings. The predicted octanol–water partition coefficient (Wildman–Crippen LogP) is 12.4. The van der Waals surface area contributed by atoms with Crippen molar-refractivity contribution in [2.45, 2.75) is 184 Å². The average molecular weight is 1610 g/mol. The van der Waals surface area contributed by atoms with Crippen LogP contribution in [0.5, 0.6) is 5.75 Å². The van der Waals surface area contributed by atoms with Gasteiger partial charge in [-0.3, -0.25) is 43.5 Å². The number of urea groups is 3. The van der Waals surface area contributed by atoms with Crippen molar-refractivity contribution in [3.8, 4) is 5.75 Å². The highest BCUT2D eigenvalue weighted by Crippen LogP contribution is 2.42. The van der Waals surface area contributed by atoms with Crippen LogP contribution in [0, 0.1) is 49.4 Å². The summed E-state index contributed by atoms with van der Waals surface area (Å²) in [6.07, 6.45) is -1.05. The molecule has 0 radical (unpaired) electrons. The topological polar surface area (TPSA) is 335 Å². The van der Waals surface area contributed by atoms with Crippen molar-refractivity contribution in [3.63, 3.8) is 0 Å². The Morgan fingerprint density at radius 1 is 0.426 bits per heavy atom. The molecule has 3 aliphatic heterocycles. The summed E-state index contributed by atoms with van der Waals surface area (Å²) >= 11 is 0. The van der Waals surface area contributed by atoms with E-state index in [1.807, 2.05) is 32.0 Å². The Kier molecular flexibility index (Phi) is 27.8. The van der Waals surface area contributed by atoms with Crippen LogP contribution < -0.4 is 52.6 Å². The minimum Gasteiger partial charge on any atom is -0.497 e. The van der Waals surface area contributed by atoms with Crippen LogP contribution in [0.3, 0.4) is 0 Å². The molecule has 618 valence electrons. The lowest BCUT2D eigenvalue weighted by atomic mass is 9.81. The van der Waals surface area contributed by atoms with Crippen molar-refractivity contribution in [2.24, 2.45) is 35.5 Å². The Hall–Kier alpha value is -11.1. The molecule has 0 bridgehead atoms. The lowest BCUT2D eigenvalue weighted by molar-refractivity contribution is -0.171. The number of carbonyl (C=O) groups is 9. The fourth-order valence-electron chi connectivity index (χ4n) is 16.2. The number of pyridine rings is 3. The lowest BCUT2D eigenvalue weighted by Gasteiger charge is -2.46.